The summed E-state index contributed by atoms with van der Waals surface area (Å²) in [5.74, 6) is 0. The molecular weight excluding hydrogens is 132 g/mol. The molecule has 0 aliphatic carbocycles. The number of unbranched alkanes of at least 4 members (excludes halogenated alkanes) is 2. The Kier molecular flexibility index (Phi) is 6.18. The Bertz CT molecular complexity index is 69.0. The van der Waals surface area contributed by atoms with Gasteiger partial charge in [-0.05, 0) is 6.42 Å². The van der Waals surface area contributed by atoms with Crippen molar-refractivity contribution in [3.05, 3.63) is 12.7 Å². The van der Waals surface area contributed by atoms with Crippen molar-refractivity contribution in [1.82, 2.24) is 0 Å². The van der Waals surface area contributed by atoms with Crippen LogP contribution in [0.5, 0.6) is 0 Å². The number of allylic oxidation sites excluding steroid dienone is 1. The summed E-state index contributed by atoms with van der Waals surface area (Å²) >= 11 is 5.72. The third kappa shape index (κ3) is 5.91. The van der Waals surface area contributed by atoms with Gasteiger partial charge in [0.25, 0.3) is 0 Å². The molecule has 0 rings (SSSR count). The number of hydrogen-bond donors (Lipinski definition) is 0. The zero-order chi connectivity index (χ0) is 7.11. The Morgan fingerprint density at radius 2 is 2.22 bits per heavy atom. The van der Waals surface area contributed by atoms with Gasteiger partial charge in [0, 0.05) is 0 Å². The summed E-state index contributed by atoms with van der Waals surface area (Å²) in [7, 11) is 0. The van der Waals surface area contributed by atoms with Crippen molar-refractivity contribution >= 4 is 11.6 Å². The van der Waals surface area contributed by atoms with E-state index in [0.717, 1.165) is 6.42 Å². The fourth-order valence-electron chi connectivity index (χ4n) is 0.686. The lowest BCUT2D eigenvalue weighted by atomic mass is 10.1. The van der Waals surface area contributed by atoms with Crippen LogP contribution in [-0.2, 0) is 0 Å². The van der Waals surface area contributed by atoms with Crippen LogP contribution in [-0.4, -0.2) is 5.38 Å². The van der Waals surface area contributed by atoms with Crippen molar-refractivity contribution in [2.45, 2.75) is 38.0 Å². The average Bonchev–Trinajstić information content (AvgIpc) is 1.89. The first-order valence-electron chi connectivity index (χ1n) is 3.50. The molecule has 1 atom stereocenters. The molecule has 0 aliphatic heterocycles. The van der Waals surface area contributed by atoms with Gasteiger partial charge in [-0.3, -0.25) is 0 Å². The summed E-state index contributed by atoms with van der Waals surface area (Å²) in [6.45, 7) is 7.37. The van der Waals surface area contributed by atoms with Gasteiger partial charge < -0.3 is 0 Å². The standard InChI is InChI=1S/C8H14Cl/c1-3-5-6-7-8(9)4-2/h2,4,8H,3,5-7H2,1H3. The molecule has 0 heterocycles. The van der Waals surface area contributed by atoms with E-state index in [9.17, 15) is 0 Å². The number of hydrogen-bond acceptors (Lipinski definition) is 0. The number of alkyl halides is 1. The molecule has 0 aromatic rings. The third-order valence-electron chi connectivity index (χ3n) is 1.29. The van der Waals surface area contributed by atoms with Crippen LogP contribution in [0, 0.1) is 6.58 Å². The first kappa shape index (κ1) is 9.03. The summed E-state index contributed by atoms with van der Waals surface area (Å²) in [5.41, 5.74) is 0. The highest BCUT2D eigenvalue weighted by atomic mass is 35.5. The van der Waals surface area contributed by atoms with Crippen LogP contribution in [0.3, 0.4) is 0 Å². The van der Waals surface area contributed by atoms with Gasteiger partial charge in [0.15, 0.2) is 0 Å². The van der Waals surface area contributed by atoms with E-state index < -0.39 is 0 Å². The lowest BCUT2D eigenvalue weighted by Gasteiger charge is -2.00. The molecule has 0 spiro atoms. The molecule has 0 fully saturated rings. The van der Waals surface area contributed by atoms with E-state index >= 15 is 0 Å². The first-order chi connectivity index (χ1) is 4.31. The predicted molar refractivity (Wildman–Crippen MR) is 42.7 cm³/mol. The molecule has 0 nitrogen and oxygen atoms in total. The van der Waals surface area contributed by atoms with E-state index in [1.54, 1.807) is 6.08 Å². The van der Waals surface area contributed by atoms with Crippen LogP contribution < -0.4 is 0 Å². The minimum absolute atomic E-state index is 0.0801. The average molecular weight is 146 g/mol. The molecule has 1 radical (unpaired) electrons. The minimum atomic E-state index is 0.0801. The molecule has 53 valence electrons. The van der Waals surface area contributed by atoms with E-state index in [1.807, 2.05) is 0 Å². The van der Waals surface area contributed by atoms with Gasteiger partial charge in [0.05, 0.1) is 5.38 Å². The molecule has 0 amide bonds. The smallest absolute Gasteiger partial charge is 0.0519 e. The van der Waals surface area contributed by atoms with Crippen LogP contribution in [0.4, 0.5) is 0 Å². The summed E-state index contributed by atoms with van der Waals surface area (Å²) in [5, 5.41) is 0.0801. The highest BCUT2D eigenvalue weighted by Gasteiger charge is 1.95. The predicted octanol–water partition coefficient (Wildman–Crippen LogP) is 3.16. The second kappa shape index (κ2) is 6.15. The van der Waals surface area contributed by atoms with Crippen molar-refractivity contribution in [1.29, 1.82) is 0 Å². The maximum atomic E-state index is 5.72. The van der Waals surface area contributed by atoms with E-state index in [1.165, 1.54) is 19.3 Å². The quantitative estimate of drug-likeness (QED) is 0.412. The second-order valence-electron chi connectivity index (χ2n) is 2.20. The lowest BCUT2D eigenvalue weighted by molar-refractivity contribution is 0.678. The SMILES string of the molecule is [CH]=CC(Cl)CCCCC. The van der Waals surface area contributed by atoms with Crippen LogP contribution >= 0.6 is 11.6 Å². The molecule has 0 N–H and O–H groups in total. The van der Waals surface area contributed by atoms with Gasteiger partial charge in [-0.1, -0.05) is 38.8 Å². The van der Waals surface area contributed by atoms with Crippen molar-refractivity contribution in [2.24, 2.45) is 0 Å². The highest BCUT2D eigenvalue weighted by Crippen LogP contribution is 2.08. The normalized spacial score (nSPS) is 13.1. The Labute approximate surface area is 62.9 Å². The summed E-state index contributed by atoms with van der Waals surface area (Å²) in [4.78, 5) is 0. The molecule has 0 saturated carbocycles. The van der Waals surface area contributed by atoms with Crippen LogP contribution in [0.1, 0.15) is 32.6 Å². The fraction of sp³-hybridized carbons (Fsp3) is 0.750. The summed E-state index contributed by atoms with van der Waals surface area (Å²) in [6, 6.07) is 0. The Morgan fingerprint density at radius 1 is 1.56 bits per heavy atom. The van der Waals surface area contributed by atoms with E-state index in [-0.39, 0.29) is 5.38 Å². The molecule has 0 aromatic heterocycles. The monoisotopic (exact) mass is 145 g/mol. The second-order valence-corrected chi connectivity index (χ2v) is 2.76. The zero-order valence-electron chi connectivity index (χ0n) is 5.94. The van der Waals surface area contributed by atoms with Crippen LogP contribution in [0.15, 0.2) is 6.08 Å². The van der Waals surface area contributed by atoms with Gasteiger partial charge in [-0.2, -0.15) is 0 Å². The largest absolute Gasteiger partial charge is 0.118 e. The molecule has 1 heteroatoms. The number of halogens is 1. The highest BCUT2D eigenvalue weighted by molar-refractivity contribution is 6.21. The first-order valence-corrected chi connectivity index (χ1v) is 3.94. The molecule has 0 aliphatic rings. The molecule has 0 aromatic carbocycles. The molecule has 0 bridgehead atoms. The molecule has 1 unspecified atom stereocenters. The third-order valence-corrected chi connectivity index (χ3v) is 1.66. The zero-order valence-corrected chi connectivity index (χ0v) is 6.69. The van der Waals surface area contributed by atoms with E-state index in [0.29, 0.717) is 0 Å². The summed E-state index contributed by atoms with van der Waals surface area (Å²) < 4.78 is 0. The molecular formula is C8H14Cl. The Hall–Kier alpha value is 0.0300. The van der Waals surface area contributed by atoms with Crippen LogP contribution in [0.25, 0.3) is 0 Å². The lowest BCUT2D eigenvalue weighted by Crippen LogP contribution is -1.91. The van der Waals surface area contributed by atoms with E-state index in [4.69, 9.17) is 18.2 Å². The van der Waals surface area contributed by atoms with Crippen molar-refractivity contribution in [3.8, 4) is 0 Å². The van der Waals surface area contributed by atoms with Gasteiger partial charge in [0.1, 0.15) is 0 Å². The molecule has 0 saturated heterocycles. The minimum Gasteiger partial charge on any atom is -0.118 e. The van der Waals surface area contributed by atoms with Gasteiger partial charge in [-0.15, -0.1) is 11.6 Å². The van der Waals surface area contributed by atoms with Crippen molar-refractivity contribution < 1.29 is 0 Å². The van der Waals surface area contributed by atoms with Gasteiger partial charge in [-0.25, -0.2) is 0 Å². The topological polar surface area (TPSA) is 0 Å². The molecule has 9 heavy (non-hydrogen) atoms. The van der Waals surface area contributed by atoms with Gasteiger partial charge >= 0.3 is 0 Å². The Morgan fingerprint density at radius 3 is 2.67 bits per heavy atom. The van der Waals surface area contributed by atoms with Crippen molar-refractivity contribution in [2.75, 3.05) is 0 Å². The van der Waals surface area contributed by atoms with E-state index in [2.05, 4.69) is 6.92 Å². The fourth-order valence-corrected chi connectivity index (χ4v) is 0.840. The summed E-state index contributed by atoms with van der Waals surface area (Å²) in [6.07, 6.45) is 6.27. The Balaban J connectivity index is 2.96. The van der Waals surface area contributed by atoms with Crippen LogP contribution in [0.2, 0.25) is 0 Å². The van der Waals surface area contributed by atoms with Crippen molar-refractivity contribution in [3.63, 3.8) is 0 Å². The maximum absolute atomic E-state index is 5.72. The van der Waals surface area contributed by atoms with Gasteiger partial charge in [0.2, 0.25) is 0 Å². The number of rotatable bonds is 5. The maximum Gasteiger partial charge on any atom is 0.0519 e.